The van der Waals surface area contributed by atoms with Gasteiger partial charge in [-0.1, -0.05) is 36.4 Å². The highest BCUT2D eigenvalue weighted by molar-refractivity contribution is 7.90. The molecule has 1 aromatic heterocycles. The summed E-state index contributed by atoms with van der Waals surface area (Å²) in [5.41, 5.74) is 3.85. The monoisotopic (exact) mass is 453 g/mol. The molecule has 0 aliphatic carbocycles. The van der Waals surface area contributed by atoms with E-state index >= 15 is 0 Å². The van der Waals surface area contributed by atoms with Gasteiger partial charge in [0, 0.05) is 25.4 Å². The summed E-state index contributed by atoms with van der Waals surface area (Å²) in [7, 11) is -3.31. The number of pyridine rings is 1. The Balaban J connectivity index is 1.44. The van der Waals surface area contributed by atoms with Crippen LogP contribution in [0.4, 0.5) is 4.79 Å². The van der Waals surface area contributed by atoms with Gasteiger partial charge in [0.05, 0.1) is 11.5 Å². The summed E-state index contributed by atoms with van der Waals surface area (Å²) in [6, 6.07) is 17.9. The third kappa shape index (κ3) is 7.39. The molecule has 0 radical (unpaired) electrons. The van der Waals surface area contributed by atoms with E-state index in [0.717, 1.165) is 16.7 Å². The molecule has 0 unspecified atom stereocenters. The van der Waals surface area contributed by atoms with Crippen LogP contribution in [-0.4, -0.2) is 31.7 Å². The van der Waals surface area contributed by atoms with E-state index in [1.54, 1.807) is 42.6 Å². The minimum atomic E-state index is -3.31. The molecule has 168 valence electrons. The number of urea groups is 1. The standard InChI is InChI=1S/C24H27N3O4S/c1-18-8-9-22(14-19(18)2)31-23-15-21(10-11-25-23)16-27-24(28)26-12-13-32(29,30)17-20-6-4-3-5-7-20/h3-11,14-15H,12-13,16-17H2,1-2H3,(H2,26,27,28). The first-order valence-corrected chi connectivity index (χ1v) is 12.1. The number of hydrogen-bond acceptors (Lipinski definition) is 5. The second-order valence-electron chi connectivity index (χ2n) is 7.54. The van der Waals surface area contributed by atoms with E-state index in [2.05, 4.69) is 15.6 Å². The summed E-state index contributed by atoms with van der Waals surface area (Å²) in [4.78, 5) is 16.2. The van der Waals surface area contributed by atoms with E-state index in [4.69, 9.17) is 4.74 Å². The van der Waals surface area contributed by atoms with Crippen LogP contribution in [0.15, 0.2) is 66.9 Å². The highest BCUT2D eigenvalue weighted by Gasteiger charge is 2.12. The predicted molar refractivity (Wildman–Crippen MR) is 124 cm³/mol. The molecule has 0 aliphatic rings. The van der Waals surface area contributed by atoms with Crippen molar-refractivity contribution in [3.63, 3.8) is 0 Å². The van der Waals surface area contributed by atoms with Gasteiger partial charge in [0.1, 0.15) is 5.75 Å². The lowest BCUT2D eigenvalue weighted by atomic mass is 10.1. The summed E-state index contributed by atoms with van der Waals surface area (Å²) in [6.07, 6.45) is 1.61. The summed E-state index contributed by atoms with van der Waals surface area (Å²) in [5, 5.41) is 5.30. The van der Waals surface area contributed by atoms with Crippen LogP contribution in [0.3, 0.4) is 0 Å². The maximum absolute atomic E-state index is 12.2. The molecule has 7 nitrogen and oxygen atoms in total. The molecule has 2 amide bonds. The average molecular weight is 454 g/mol. The minimum absolute atomic E-state index is 0.0402. The van der Waals surface area contributed by atoms with E-state index in [1.807, 2.05) is 38.1 Å². The number of aromatic nitrogens is 1. The first kappa shape index (κ1) is 23.3. The molecule has 0 spiro atoms. The summed E-state index contributed by atoms with van der Waals surface area (Å²) < 4.78 is 30.2. The molecule has 3 rings (SSSR count). The van der Waals surface area contributed by atoms with Crippen molar-refractivity contribution in [1.82, 2.24) is 15.6 Å². The highest BCUT2D eigenvalue weighted by atomic mass is 32.2. The Bertz CT molecular complexity index is 1160. The molecule has 0 bridgehead atoms. The highest BCUT2D eigenvalue weighted by Crippen LogP contribution is 2.22. The van der Waals surface area contributed by atoms with Gasteiger partial charge in [-0.15, -0.1) is 0 Å². The molecular weight excluding hydrogens is 426 g/mol. The normalized spacial score (nSPS) is 11.1. The first-order chi connectivity index (χ1) is 15.3. The minimum Gasteiger partial charge on any atom is -0.439 e. The number of ether oxygens (including phenoxy) is 1. The lowest BCUT2D eigenvalue weighted by Crippen LogP contribution is -2.37. The summed E-state index contributed by atoms with van der Waals surface area (Å²) in [6.45, 7) is 4.35. The molecule has 0 atom stereocenters. The van der Waals surface area contributed by atoms with Crippen molar-refractivity contribution in [2.24, 2.45) is 0 Å². The zero-order valence-electron chi connectivity index (χ0n) is 18.2. The van der Waals surface area contributed by atoms with E-state index < -0.39 is 15.9 Å². The van der Waals surface area contributed by atoms with Crippen LogP contribution >= 0.6 is 0 Å². The van der Waals surface area contributed by atoms with E-state index in [1.165, 1.54) is 5.56 Å². The van der Waals surface area contributed by atoms with Gasteiger partial charge in [0.2, 0.25) is 5.88 Å². The van der Waals surface area contributed by atoms with Crippen molar-refractivity contribution in [3.8, 4) is 11.6 Å². The second kappa shape index (κ2) is 10.8. The van der Waals surface area contributed by atoms with E-state index in [0.29, 0.717) is 11.6 Å². The number of aryl methyl sites for hydroxylation is 2. The fraction of sp³-hybridized carbons (Fsp3) is 0.250. The molecule has 0 saturated carbocycles. The third-order valence-electron chi connectivity index (χ3n) is 4.88. The Kier molecular flexibility index (Phi) is 7.83. The molecule has 0 aliphatic heterocycles. The van der Waals surface area contributed by atoms with Crippen molar-refractivity contribution >= 4 is 15.9 Å². The number of carbonyl (C=O) groups is 1. The van der Waals surface area contributed by atoms with Crippen LogP contribution in [0.1, 0.15) is 22.3 Å². The van der Waals surface area contributed by atoms with Crippen LogP contribution in [0.5, 0.6) is 11.6 Å². The number of amides is 2. The van der Waals surface area contributed by atoms with Crippen LogP contribution in [-0.2, 0) is 22.1 Å². The molecule has 3 aromatic rings. The van der Waals surface area contributed by atoms with Crippen LogP contribution in [0.25, 0.3) is 0 Å². The number of nitrogens with one attached hydrogen (secondary N) is 2. The maximum atomic E-state index is 12.2. The smallest absolute Gasteiger partial charge is 0.315 e. The number of benzene rings is 2. The summed E-state index contributed by atoms with van der Waals surface area (Å²) in [5.74, 6) is 0.954. The lowest BCUT2D eigenvalue weighted by molar-refractivity contribution is 0.241. The Hall–Kier alpha value is -3.39. The van der Waals surface area contributed by atoms with Crippen LogP contribution in [0.2, 0.25) is 0 Å². The fourth-order valence-corrected chi connectivity index (χ4v) is 4.24. The number of nitrogens with zero attached hydrogens (tertiary/aromatic N) is 1. The molecule has 2 aromatic carbocycles. The van der Waals surface area contributed by atoms with Crippen molar-refractivity contribution in [1.29, 1.82) is 0 Å². The van der Waals surface area contributed by atoms with Crippen molar-refractivity contribution < 1.29 is 17.9 Å². The SMILES string of the molecule is Cc1ccc(Oc2cc(CNC(=O)NCCS(=O)(=O)Cc3ccccc3)ccn2)cc1C. The maximum Gasteiger partial charge on any atom is 0.315 e. The van der Waals surface area contributed by atoms with Crippen LogP contribution < -0.4 is 15.4 Å². The predicted octanol–water partition coefficient (Wildman–Crippen LogP) is 3.90. The van der Waals surface area contributed by atoms with Crippen molar-refractivity contribution in [2.75, 3.05) is 12.3 Å². The first-order valence-electron chi connectivity index (χ1n) is 10.3. The second-order valence-corrected chi connectivity index (χ2v) is 9.72. The lowest BCUT2D eigenvalue weighted by Gasteiger charge is -2.10. The van der Waals surface area contributed by atoms with Gasteiger partial charge < -0.3 is 15.4 Å². The number of hydrogen-bond donors (Lipinski definition) is 2. The van der Waals surface area contributed by atoms with Gasteiger partial charge in [-0.3, -0.25) is 0 Å². The topological polar surface area (TPSA) is 97.4 Å². The molecule has 0 saturated heterocycles. The van der Waals surface area contributed by atoms with Gasteiger partial charge >= 0.3 is 6.03 Å². The molecule has 1 heterocycles. The fourth-order valence-electron chi connectivity index (χ4n) is 2.98. The largest absolute Gasteiger partial charge is 0.439 e. The van der Waals surface area contributed by atoms with Gasteiger partial charge in [-0.05, 0) is 54.3 Å². The Labute approximate surface area is 188 Å². The number of carbonyl (C=O) groups excluding carboxylic acids is 1. The van der Waals surface area contributed by atoms with Crippen LogP contribution in [0, 0.1) is 13.8 Å². The van der Waals surface area contributed by atoms with E-state index in [9.17, 15) is 13.2 Å². The van der Waals surface area contributed by atoms with E-state index in [-0.39, 0.29) is 24.6 Å². The van der Waals surface area contributed by atoms with Gasteiger partial charge in [-0.25, -0.2) is 18.2 Å². The number of rotatable bonds is 9. The van der Waals surface area contributed by atoms with Gasteiger partial charge in [-0.2, -0.15) is 0 Å². The Morgan fingerprint density at radius 2 is 1.72 bits per heavy atom. The molecule has 2 N–H and O–H groups in total. The zero-order chi connectivity index (χ0) is 23.0. The van der Waals surface area contributed by atoms with Crippen molar-refractivity contribution in [3.05, 3.63) is 89.1 Å². The van der Waals surface area contributed by atoms with Crippen molar-refractivity contribution in [2.45, 2.75) is 26.1 Å². The molecule has 8 heteroatoms. The average Bonchev–Trinajstić information content (AvgIpc) is 2.75. The third-order valence-corrected chi connectivity index (χ3v) is 6.48. The molecular formula is C24H27N3O4S. The van der Waals surface area contributed by atoms with Gasteiger partial charge in [0.25, 0.3) is 0 Å². The Morgan fingerprint density at radius 1 is 0.938 bits per heavy atom. The zero-order valence-corrected chi connectivity index (χ0v) is 19.0. The number of sulfone groups is 1. The quantitative estimate of drug-likeness (QED) is 0.512. The Morgan fingerprint density at radius 3 is 2.47 bits per heavy atom. The summed E-state index contributed by atoms with van der Waals surface area (Å²) >= 11 is 0. The molecule has 0 fully saturated rings. The van der Waals surface area contributed by atoms with Gasteiger partial charge in [0.15, 0.2) is 9.84 Å². The molecule has 32 heavy (non-hydrogen) atoms.